The average molecular weight is 329 g/mol. The highest BCUT2D eigenvalue weighted by Gasteiger charge is 2.21. The maximum absolute atomic E-state index is 12.2. The number of hydrogen-bond donors (Lipinski definition) is 1. The van der Waals surface area contributed by atoms with Gasteiger partial charge in [0.15, 0.2) is 0 Å². The van der Waals surface area contributed by atoms with Crippen LogP contribution in [0, 0.1) is 0 Å². The van der Waals surface area contributed by atoms with E-state index < -0.39 is 0 Å². The third-order valence-electron chi connectivity index (χ3n) is 3.66. The van der Waals surface area contributed by atoms with E-state index in [0.717, 1.165) is 0 Å². The fraction of sp³-hybridized carbons (Fsp3) is 0.412. The van der Waals surface area contributed by atoms with Gasteiger partial charge in [0.25, 0.3) is 0 Å². The molecule has 0 aliphatic carbocycles. The fourth-order valence-electron chi connectivity index (χ4n) is 2.37. The molecule has 0 radical (unpaired) electrons. The maximum atomic E-state index is 12.2. The Balaban J connectivity index is 1.68. The second kappa shape index (κ2) is 9.44. The lowest BCUT2D eigenvalue weighted by Gasteiger charge is -2.34. The van der Waals surface area contributed by atoms with Crippen LogP contribution >= 0.6 is 0 Å². The molecule has 2 rings (SSSR count). The quantitative estimate of drug-likeness (QED) is 0.616. The number of amides is 2. The minimum Gasteiger partial charge on any atom is -0.352 e. The van der Waals surface area contributed by atoms with E-state index in [1.165, 1.54) is 6.08 Å². The van der Waals surface area contributed by atoms with Gasteiger partial charge < -0.3 is 15.1 Å². The molecule has 1 fully saturated rings. The Labute approximate surface area is 142 Å². The molecular formula is C17H23N5O2. The Hall–Kier alpha value is -2.70. The summed E-state index contributed by atoms with van der Waals surface area (Å²) in [5.74, 6) is 0.568. The lowest BCUT2D eigenvalue weighted by Crippen LogP contribution is -2.49. The third kappa shape index (κ3) is 5.49. The van der Waals surface area contributed by atoms with Gasteiger partial charge >= 0.3 is 0 Å². The van der Waals surface area contributed by atoms with Crippen molar-refractivity contribution in [3.63, 3.8) is 0 Å². The van der Waals surface area contributed by atoms with E-state index in [0.29, 0.717) is 45.1 Å². The minimum absolute atomic E-state index is 0.0568. The van der Waals surface area contributed by atoms with E-state index in [1.807, 2.05) is 17.9 Å². The molecule has 1 saturated heterocycles. The Morgan fingerprint density at radius 3 is 2.54 bits per heavy atom. The van der Waals surface area contributed by atoms with Gasteiger partial charge in [0.2, 0.25) is 17.8 Å². The molecule has 7 nitrogen and oxygen atoms in total. The first-order valence-corrected chi connectivity index (χ1v) is 8.07. The number of nitrogens with one attached hydrogen (secondary N) is 1. The van der Waals surface area contributed by atoms with Gasteiger partial charge in [-0.1, -0.05) is 18.2 Å². The maximum Gasteiger partial charge on any atom is 0.243 e. The molecule has 1 N–H and O–H groups in total. The van der Waals surface area contributed by atoms with E-state index in [4.69, 9.17) is 0 Å². The number of carbonyl (C=O) groups excluding carboxylic acids is 2. The molecule has 0 saturated carbocycles. The summed E-state index contributed by atoms with van der Waals surface area (Å²) >= 11 is 0. The molecule has 2 amide bonds. The fourth-order valence-corrected chi connectivity index (χ4v) is 2.37. The van der Waals surface area contributed by atoms with Crippen LogP contribution in [0.3, 0.4) is 0 Å². The SMILES string of the molecule is C/C=C/C=C/C(=O)NCCC(=O)N1CCN(c2ncccn2)CC1. The molecule has 2 heterocycles. The van der Waals surface area contributed by atoms with Gasteiger partial charge in [-0.2, -0.15) is 0 Å². The van der Waals surface area contributed by atoms with Crippen LogP contribution in [0.15, 0.2) is 42.8 Å². The number of allylic oxidation sites excluding steroid dienone is 3. The van der Waals surface area contributed by atoms with Gasteiger partial charge in [-0.3, -0.25) is 9.59 Å². The molecule has 0 aromatic carbocycles. The number of aromatic nitrogens is 2. The Kier molecular flexibility index (Phi) is 6.94. The highest BCUT2D eigenvalue weighted by atomic mass is 16.2. The van der Waals surface area contributed by atoms with Crippen LogP contribution in [0.25, 0.3) is 0 Å². The topological polar surface area (TPSA) is 78.4 Å². The summed E-state index contributed by atoms with van der Waals surface area (Å²) < 4.78 is 0. The van der Waals surface area contributed by atoms with Crippen molar-refractivity contribution < 1.29 is 9.59 Å². The zero-order chi connectivity index (χ0) is 17.2. The molecular weight excluding hydrogens is 306 g/mol. The molecule has 128 valence electrons. The number of piperazine rings is 1. The second-order valence-electron chi connectivity index (χ2n) is 5.34. The zero-order valence-electron chi connectivity index (χ0n) is 13.9. The number of rotatable bonds is 6. The number of nitrogens with zero attached hydrogens (tertiary/aromatic N) is 4. The van der Waals surface area contributed by atoms with Crippen LogP contribution in [0.2, 0.25) is 0 Å². The normalized spacial score (nSPS) is 15.2. The number of anilines is 1. The van der Waals surface area contributed by atoms with Crippen LogP contribution in [-0.2, 0) is 9.59 Å². The van der Waals surface area contributed by atoms with E-state index in [1.54, 1.807) is 30.6 Å². The summed E-state index contributed by atoms with van der Waals surface area (Å²) in [4.78, 5) is 36.0. The predicted molar refractivity (Wildman–Crippen MR) is 92.4 cm³/mol. The van der Waals surface area contributed by atoms with Crippen molar-refractivity contribution >= 4 is 17.8 Å². The standard InChI is InChI=1S/C17H23N5O2/c1-2-3-4-6-15(23)18-10-7-16(24)21-11-13-22(14-12-21)17-19-8-5-9-20-17/h2-6,8-9H,7,10-14H2,1H3,(H,18,23)/b3-2+,6-4+. The lowest BCUT2D eigenvalue weighted by atomic mass is 10.3. The van der Waals surface area contributed by atoms with Crippen LogP contribution in [-0.4, -0.2) is 59.4 Å². The first kappa shape index (κ1) is 17.7. The molecule has 0 atom stereocenters. The zero-order valence-corrected chi connectivity index (χ0v) is 13.9. The summed E-state index contributed by atoms with van der Waals surface area (Å²) in [5, 5.41) is 2.71. The smallest absolute Gasteiger partial charge is 0.243 e. The predicted octanol–water partition coefficient (Wildman–Crippen LogP) is 0.764. The molecule has 1 aliphatic rings. The highest BCUT2D eigenvalue weighted by molar-refractivity contribution is 5.88. The summed E-state index contributed by atoms with van der Waals surface area (Å²) in [5.41, 5.74) is 0. The van der Waals surface area contributed by atoms with Gasteiger partial charge in [0.1, 0.15) is 0 Å². The third-order valence-corrected chi connectivity index (χ3v) is 3.66. The summed E-state index contributed by atoms with van der Waals surface area (Å²) in [6.07, 6.45) is 10.5. The first-order valence-electron chi connectivity index (χ1n) is 8.07. The van der Waals surface area contributed by atoms with E-state index in [2.05, 4.69) is 20.2 Å². The van der Waals surface area contributed by atoms with Crippen LogP contribution in [0.1, 0.15) is 13.3 Å². The minimum atomic E-state index is -0.188. The molecule has 1 aromatic heterocycles. The largest absolute Gasteiger partial charge is 0.352 e. The lowest BCUT2D eigenvalue weighted by molar-refractivity contribution is -0.131. The van der Waals surface area contributed by atoms with Crippen molar-refractivity contribution in [2.24, 2.45) is 0 Å². The monoisotopic (exact) mass is 329 g/mol. The van der Waals surface area contributed by atoms with E-state index in [-0.39, 0.29) is 11.8 Å². The molecule has 24 heavy (non-hydrogen) atoms. The van der Waals surface area contributed by atoms with Gasteiger partial charge in [-0.15, -0.1) is 0 Å². The van der Waals surface area contributed by atoms with Crippen molar-refractivity contribution in [2.45, 2.75) is 13.3 Å². The average Bonchev–Trinajstić information content (AvgIpc) is 2.63. The van der Waals surface area contributed by atoms with Crippen LogP contribution in [0.5, 0.6) is 0 Å². The summed E-state index contributed by atoms with van der Waals surface area (Å²) in [6, 6.07) is 1.78. The molecule has 1 aliphatic heterocycles. The van der Waals surface area contributed by atoms with Gasteiger partial charge in [0.05, 0.1) is 0 Å². The van der Waals surface area contributed by atoms with Crippen molar-refractivity contribution in [2.75, 3.05) is 37.6 Å². The Morgan fingerprint density at radius 1 is 1.17 bits per heavy atom. The highest BCUT2D eigenvalue weighted by Crippen LogP contribution is 2.10. The summed E-state index contributed by atoms with van der Waals surface area (Å²) in [6.45, 7) is 4.95. The van der Waals surface area contributed by atoms with Gasteiger partial charge in [0, 0.05) is 57.6 Å². The summed E-state index contributed by atoms with van der Waals surface area (Å²) in [7, 11) is 0. The molecule has 0 spiro atoms. The number of hydrogen-bond acceptors (Lipinski definition) is 5. The van der Waals surface area contributed by atoms with Crippen LogP contribution < -0.4 is 10.2 Å². The number of carbonyl (C=O) groups is 2. The van der Waals surface area contributed by atoms with Gasteiger partial charge in [-0.25, -0.2) is 9.97 Å². The first-order chi connectivity index (χ1) is 11.7. The van der Waals surface area contributed by atoms with E-state index >= 15 is 0 Å². The van der Waals surface area contributed by atoms with Crippen molar-refractivity contribution in [3.8, 4) is 0 Å². The second-order valence-corrected chi connectivity index (χ2v) is 5.34. The van der Waals surface area contributed by atoms with Crippen molar-refractivity contribution in [1.29, 1.82) is 0 Å². The molecule has 1 aromatic rings. The van der Waals surface area contributed by atoms with Crippen molar-refractivity contribution in [1.82, 2.24) is 20.2 Å². The molecule has 0 bridgehead atoms. The van der Waals surface area contributed by atoms with E-state index in [9.17, 15) is 9.59 Å². The molecule has 0 unspecified atom stereocenters. The Bertz CT molecular complexity index is 592. The van der Waals surface area contributed by atoms with Gasteiger partial charge in [-0.05, 0) is 13.0 Å². The Morgan fingerprint density at radius 2 is 1.88 bits per heavy atom. The molecule has 7 heteroatoms. The van der Waals surface area contributed by atoms with Crippen LogP contribution in [0.4, 0.5) is 5.95 Å². The van der Waals surface area contributed by atoms with Crippen molar-refractivity contribution in [3.05, 3.63) is 42.8 Å².